The number of hydrogen-bond acceptors (Lipinski definition) is 3. The normalized spacial score (nSPS) is 16.9. The van der Waals surface area contributed by atoms with Gasteiger partial charge in [0.1, 0.15) is 5.82 Å². The number of nitrogens with zero attached hydrogens (tertiary/aromatic N) is 1. The van der Waals surface area contributed by atoms with Crippen LogP contribution in [-0.4, -0.2) is 23.5 Å². The van der Waals surface area contributed by atoms with Crippen LogP contribution in [0.25, 0.3) is 0 Å². The fourth-order valence-electron chi connectivity index (χ4n) is 1.57. The van der Waals surface area contributed by atoms with E-state index in [1.54, 1.807) is 0 Å². The van der Waals surface area contributed by atoms with Crippen LogP contribution in [0.3, 0.4) is 0 Å². The quantitative estimate of drug-likeness (QED) is 0.777. The molecule has 1 aromatic heterocycles. The van der Waals surface area contributed by atoms with Crippen LogP contribution >= 0.6 is 11.6 Å². The predicted molar refractivity (Wildman–Crippen MR) is 66.3 cm³/mol. The number of halogens is 1. The van der Waals surface area contributed by atoms with E-state index in [-0.39, 0.29) is 5.38 Å². The Morgan fingerprint density at radius 3 is 3.06 bits per heavy atom. The van der Waals surface area contributed by atoms with Gasteiger partial charge in [0.2, 0.25) is 5.88 Å². The van der Waals surface area contributed by atoms with Crippen molar-refractivity contribution in [1.82, 2.24) is 4.98 Å². The summed E-state index contributed by atoms with van der Waals surface area (Å²) >= 11 is 6.21. The number of hydrogen-bond donors (Lipinski definition) is 1. The largest absolute Gasteiger partial charge is 0.478 e. The van der Waals surface area contributed by atoms with E-state index in [0.29, 0.717) is 18.4 Å². The Bertz CT molecular complexity index is 342. The summed E-state index contributed by atoms with van der Waals surface area (Å²) in [6.07, 6.45) is 2.53. The third-order valence-electron chi connectivity index (χ3n) is 2.63. The Morgan fingerprint density at radius 1 is 1.56 bits per heavy atom. The lowest BCUT2D eigenvalue weighted by molar-refractivity contribution is 0.327. The standard InChI is InChI=1S/C12H17ClN2O/c1-2-16-12-5-3-4-11(15-12)14-8-10(13)9-6-7-9/h3-5,9-10H,2,6-8H2,1H3,(H,14,15). The molecule has 88 valence electrons. The molecular weight excluding hydrogens is 224 g/mol. The fraction of sp³-hybridized carbons (Fsp3) is 0.583. The van der Waals surface area contributed by atoms with Crippen molar-refractivity contribution in [3.8, 4) is 5.88 Å². The molecule has 1 N–H and O–H groups in total. The van der Waals surface area contributed by atoms with E-state index in [4.69, 9.17) is 16.3 Å². The molecule has 0 amide bonds. The smallest absolute Gasteiger partial charge is 0.215 e. The molecule has 1 aliphatic carbocycles. The van der Waals surface area contributed by atoms with Gasteiger partial charge in [0.05, 0.1) is 12.0 Å². The molecule has 1 atom stereocenters. The predicted octanol–water partition coefficient (Wildman–Crippen LogP) is 2.91. The molecule has 1 heterocycles. The lowest BCUT2D eigenvalue weighted by Crippen LogP contribution is -2.16. The average Bonchev–Trinajstić information content (AvgIpc) is 3.11. The minimum atomic E-state index is 0.220. The molecule has 1 aromatic rings. The van der Waals surface area contributed by atoms with Gasteiger partial charge in [-0.05, 0) is 31.7 Å². The second-order valence-electron chi connectivity index (χ2n) is 4.03. The summed E-state index contributed by atoms with van der Waals surface area (Å²) in [5.74, 6) is 2.19. The molecule has 1 saturated carbocycles. The molecule has 1 unspecified atom stereocenters. The van der Waals surface area contributed by atoms with Gasteiger partial charge in [-0.1, -0.05) is 6.07 Å². The van der Waals surface area contributed by atoms with Crippen molar-refractivity contribution >= 4 is 17.4 Å². The van der Waals surface area contributed by atoms with Crippen LogP contribution in [-0.2, 0) is 0 Å². The first-order valence-electron chi connectivity index (χ1n) is 5.77. The van der Waals surface area contributed by atoms with Crippen molar-refractivity contribution in [2.75, 3.05) is 18.5 Å². The van der Waals surface area contributed by atoms with Crippen molar-refractivity contribution < 1.29 is 4.74 Å². The minimum Gasteiger partial charge on any atom is -0.478 e. The maximum absolute atomic E-state index is 6.21. The van der Waals surface area contributed by atoms with Gasteiger partial charge in [0, 0.05) is 12.6 Å². The first-order chi connectivity index (χ1) is 7.79. The van der Waals surface area contributed by atoms with Gasteiger partial charge in [-0.2, -0.15) is 4.98 Å². The second-order valence-corrected chi connectivity index (χ2v) is 4.59. The molecule has 1 fully saturated rings. The van der Waals surface area contributed by atoms with Crippen LogP contribution < -0.4 is 10.1 Å². The van der Waals surface area contributed by atoms with Crippen LogP contribution in [0.1, 0.15) is 19.8 Å². The highest BCUT2D eigenvalue weighted by molar-refractivity contribution is 6.21. The number of pyridine rings is 1. The first kappa shape index (κ1) is 11.5. The van der Waals surface area contributed by atoms with Gasteiger partial charge >= 0.3 is 0 Å². The van der Waals surface area contributed by atoms with E-state index in [1.165, 1.54) is 12.8 Å². The maximum atomic E-state index is 6.21. The zero-order valence-corrected chi connectivity index (χ0v) is 10.2. The zero-order valence-electron chi connectivity index (χ0n) is 9.45. The number of anilines is 1. The van der Waals surface area contributed by atoms with Crippen LogP contribution in [0, 0.1) is 5.92 Å². The molecule has 0 aliphatic heterocycles. The van der Waals surface area contributed by atoms with Crippen LogP contribution in [0.15, 0.2) is 18.2 Å². The number of rotatable bonds is 6. The maximum Gasteiger partial charge on any atom is 0.215 e. The second kappa shape index (κ2) is 5.39. The molecule has 2 rings (SSSR count). The Morgan fingerprint density at radius 2 is 2.38 bits per heavy atom. The topological polar surface area (TPSA) is 34.1 Å². The van der Waals surface area contributed by atoms with E-state index in [1.807, 2.05) is 25.1 Å². The van der Waals surface area contributed by atoms with Crippen molar-refractivity contribution in [3.63, 3.8) is 0 Å². The Balaban J connectivity index is 1.85. The third-order valence-corrected chi connectivity index (χ3v) is 3.14. The summed E-state index contributed by atoms with van der Waals surface area (Å²) in [6.45, 7) is 3.36. The van der Waals surface area contributed by atoms with Gasteiger partial charge in [0.25, 0.3) is 0 Å². The van der Waals surface area contributed by atoms with E-state index >= 15 is 0 Å². The van der Waals surface area contributed by atoms with Gasteiger partial charge < -0.3 is 10.1 Å². The number of nitrogens with one attached hydrogen (secondary N) is 1. The van der Waals surface area contributed by atoms with Gasteiger partial charge in [0.15, 0.2) is 0 Å². The fourth-order valence-corrected chi connectivity index (χ4v) is 1.90. The summed E-state index contributed by atoms with van der Waals surface area (Å²) in [6, 6.07) is 5.72. The molecular formula is C12H17ClN2O. The highest BCUT2D eigenvalue weighted by Crippen LogP contribution is 2.35. The van der Waals surface area contributed by atoms with E-state index < -0.39 is 0 Å². The van der Waals surface area contributed by atoms with Gasteiger partial charge in [-0.25, -0.2) is 0 Å². The summed E-state index contributed by atoms with van der Waals surface area (Å²) in [7, 11) is 0. The average molecular weight is 241 g/mol. The number of alkyl halides is 1. The third kappa shape index (κ3) is 3.27. The van der Waals surface area contributed by atoms with Crippen molar-refractivity contribution in [2.45, 2.75) is 25.1 Å². The monoisotopic (exact) mass is 240 g/mol. The van der Waals surface area contributed by atoms with E-state index in [2.05, 4.69) is 10.3 Å². The van der Waals surface area contributed by atoms with Crippen LogP contribution in [0.2, 0.25) is 0 Å². The summed E-state index contributed by atoms with van der Waals surface area (Å²) in [5.41, 5.74) is 0. The molecule has 4 heteroatoms. The summed E-state index contributed by atoms with van der Waals surface area (Å²) < 4.78 is 5.33. The molecule has 0 saturated heterocycles. The lowest BCUT2D eigenvalue weighted by atomic mass is 10.3. The highest BCUT2D eigenvalue weighted by atomic mass is 35.5. The van der Waals surface area contributed by atoms with Crippen LogP contribution in [0.4, 0.5) is 5.82 Å². The summed E-state index contributed by atoms with van der Waals surface area (Å²) in [5, 5.41) is 3.46. The van der Waals surface area contributed by atoms with Crippen molar-refractivity contribution in [3.05, 3.63) is 18.2 Å². The lowest BCUT2D eigenvalue weighted by Gasteiger charge is -2.11. The minimum absolute atomic E-state index is 0.220. The van der Waals surface area contributed by atoms with Gasteiger partial charge in [-0.3, -0.25) is 0 Å². The Labute approximate surface area is 101 Å². The van der Waals surface area contributed by atoms with E-state index in [9.17, 15) is 0 Å². The SMILES string of the molecule is CCOc1cccc(NCC(Cl)C2CC2)n1. The van der Waals surface area contributed by atoms with Gasteiger partial charge in [-0.15, -0.1) is 11.6 Å². The van der Waals surface area contributed by atoms with Crippen LogP contribution in [0.5, 0.6) is 5.88 Å². The summed E-state index contributed by atoms with van der Waals surface area (Å²) in [4.78, 5) is 4.32. The molecule has 16 heavy (non-hydrogen) atoms. The number of ether oxygens (including phenoxy) is 1. The molecule has 1 aliphatic rings. The number of aromatic nitrogens is 1. The Hall–Kier alpha value is -0.960. The molecule has 0 bridgehead atoms. The molecule has 3 nitrogen and oxygen atoms in total. The molecule has 0 aromatic carbocycles. The highest BCUT2D eigenvalue weighted by Gasteiger charge is 2.29. The molecule has 0 radical (unpaired) electrons. The molecule has 0 spiro atoms. The van der Waals surface area contributed by atoms with E-state index in [0.717, 1.165) is 12.4 Å². The van der Waals surface area contributed by atoms with Crippen molar-refractivity contribution in [1.29, 1.82) is 0 Å². The first-order valence-corrected chi connectivity index (χ1v) is 6.21. The Kier molecular flexibility index (Phi) is 3.88. The van der Waals surface area contributed by atoms with Crippen molar-refractivity contribution in [2.24, 2.45) is 5.92 Å². The zero-order chi connectivity index (χ0) is 11.4.